The number of hydrogen-bond acceptors (Lipinski definition) is 8. The van der Waals surface area contributed by atoms with E-state index in [1.807, 2.05) is 0 Å². The maximum atomic E-state index is 10.6. The average molecular weight is 357 g/mol. The molecule has 0 aliphatic carbocycles. The minimum atomic E-state index is -0.475. The van der Waals surface area contributed by atoms with E-state index in [0.717, 1.165) is 0 Å². The molecule has 26 heavy (non-hydrogen) atoms. The SMILES string of the molecule is COc1cc(OC)cc(-c2nc(COc3ccc([N+](=O)[O-])cc3)no2)c1. The Morgan fingerprint density at radius 2 is 1.69 bits per heavy atom. The van der Waals surface area contributed by atoms with E-state index in [-0.39, 0.29) is 12.3 Å². The van der Waals surface area contributed by atoms with Crippen molar-refractivity contribution in [2.45, 2.75) is 6.61 Å². The van der Waals surface area contributed by atoms with Crippen LogP contribution in [-0.4, -0.2) is 29.3 Å². The van der Waals surface area contributed by atoms with Gasteiger partial charge in [0.2, 0.25) is 5.82 Å². The van der Waals surface area contributed by atoms with Gasteiger partial charge >= 0.3 is 0 Å². The van der Waals surface area contributed by atoms with Crippen LogP contribution in [0.3, 0.4) is 0 Å². The topological polar surface area (TPSA) is 110 Å². The summed E-state index contributed by atoms with van der Waals surface area (Å²) in [5.41, 5.74) is 0.640. The Balaban J connectivity index is 1.71. The molecule has 0 saturated heterocycles. The quantitative estimate of drug-likeness (QED) is 0.468. The first kappa shape index (κ1) is 17.2. The molecule has 9 nitrogen and oxygen atoms in total. The van der Waals surface area contributed by atoms with E-state index in [9.17, 15) is 10.1 Å². The maximum Gasteiger partial charge on any atom is 0.269 e. The van der Waals surface area contributed by atoms with Crippen molar-refractivity contribution in [1.29, 1.82) is 0 Å². The predicted molar refractivity (Wildman–Crippen MR) is 90.3 cm³/mol. The van der Waals surface area contributed by atoms with Crippen LogP contribution in [0.15, 0.2) is 47.0 Å². The Bertz CT molecular complexity index is 885. The Kier molecular flexibility index (Phi) is 4.97. The number of methoxy groups -OCH3 is 2. The predicted octanol–water partition coefficient (Wildman–Crippen LogP) is 3.24. The van der Waals surface area contributed by atoms with Crippen molar-refractivity contribution in [3.8, 4) is 28.7 Å². The van der Waals surface area contributed by atoms with Crippen LogP contribution in [0.5, 0.6) is 17.2 Å². The molecular weight excluding hydrogens is 342 g/mol. The van der Waals surface area contributed by atoms with E-state index in [2.05, 4.69) is 10.1 Å². The first-order chi connectivity index (χ1) is 12.6. The van der Waals surface area contributed by atoms with Gasteiger partial charge in [-0.15, -0.1) is 0 Å². The minimum absolute atomic E-state index is 0.00818. The van der Waals surface area contributed by atoms with Crippen molar-refractivity contribution >= 4 is 5.69 Å². The largest absolute Gasteiger partial charge is 0.497 e. The van der Waals surface area contributed by atoms with Crippen LogP contribution in [-0.2, 0) is 6.61 Å². The molecule has 0 fully saturated rings. The second-order valence-corrected chi connectivity index (χ2v) is 5.16. The monoisotopic (exact) mass is 357 g/mol. The summed E-state index contributed by atoms with van der Waals surface area (Å²) in [6, 6.07) is 11.0. The number of benzene rings is 2. The molecule has 0 aliphatic heterocycles. The van der Waals surface area contributed by atoms with E-state index in [0.29, 0.717) is 34.5 Å². The molecule has 1 aromatic heterocycles. The van der Waals surface area contributed by atoms with Crippen molar-refractivity contribution < 1.29 is 23.7 Å². The molecule has 0 bridgehead atoms. The number of nitro benzene ring substituents is 1. The van der Waals surface area contributed by atoms with Gasteiger partial charge in [0.25, 0.3) is 11.6 Å². The standard InChI is InChI=1S/C17H15N3O6/c1-23-14-7-11(8-15(9-14)24-2)17-18-16(19-26-17)10-25-13-5-3-12(4-6-13)20(21)22/h3-9H,10H2,1-2H3. The highest BCUT2D eigenvalue weighted by molar-refractivity contribution is 5.59. The zero-order chi connectivity index (χ0) is 18.5. The van der Waals surface area contributed by atoms with Gasteiger partial charge in [-0.2, -0.15) is 4.98 Å². The fraction of sp³-hybridized carbons (Fsp3) is 0.176. The van der Waals surface area contributed by atoms with E-state index in [1.54, 1.807) is 32.4 Å². The molecule has 0 radical (unpaired) electrons. The van der Waals surface area contributed by atoms with Gasteiger partial charge in [0.05, 0.1) is 19.1 Å². The highest BCUT2D eigenvalue weighted by atomic mass is 16.6. The first-order valence-corrected chi connectivity index (χ1v) is 7.52. The van der Waals surface area contributed by atoms with Gasteiger partial charge in [0, 0.05) is 23.8 Å². The van der Waals surface area contributed by atoms with Gasteiger partial charge in [-0.1, -0.05) is 5.16 Å². The molecule has 0 amide bonds. The fourth-order valence-corrected chi connectivity index (χ4v) is 2.17. The van der Waals surface area contributed by atoms with Crippen molar-refractivity contribution in [3.05, 3.63) is 58.4 Å². The number of aromatic nitrogens is 2. The summed E-state index contributed by atoms with van der Waals surface area (Å²) in [6.45, 7) is 0.0580. The van der Waals surface area contributed by atoms with Crippen LogP contribution >= 0.6 is 0 Å². The number of hydrogen-bond donors (Lipinski definition) is 0. The lowest BCUT2D eigenvalue weighted by Gasteiger charge is -2.05. The zero-order valence-electron chi connectivity index (χ0n) is 14.0. The normalized spacial score (nSPS) is 10.4. The molecule has 2 aromatic carbocycles. The molecule has 0 unspecified atom stereocenters. The van der Waals surface area contributed by atoms with Crippen molar-refractivity contribution in [2.75, 3.05) is 14.2 Å². The van der Waals surface area contributed by atoms with Crippen molar-refractivity contribution in [1.82, 2.24) is 10.1 Å². The second-order valence-electron chi connectivity index (χ2n) is 5.16. The fourth-order valence-electron chi connectivity index (χ4n) is 2.17. The Labute approximate surface area is 148 Å². The molecular formula is C17H15N3O6. The molecule has 1 heterocycles. The molecule has 134 valence electrons. The summed E-state index contributed by atoms with van der Waals surface area (Å²) in [6.07, 6.45) is 0. The van der Waals surface area contributed by atoms with E-state index < -0.39 is 4.92 Å². The van der Waals surface area contributed by atoms with Gasteiger partial charge in [0.1, 0.15) is 17.2 Å². The van der Waals surface area contributed by atoms with Gasteiger partial charge in [-0.25, -0.2) is 0 Å². The van der Waals surface area contributed by atoms with Gasteiger partial charge < -0.3 is 18.7 Å². The molecule has 0 spiro atoms. The van der Waals surface area contributed by atoms with E-state index in [4.69, 9.17) is 18.7 Å². The lowest BCUT2D eigenvalue weighted by molar-refractivity contribution is -0.384. The summed E-state index contributed by atoms with van der Waals surface area (Å²) in [4.78, 5) is 14.4. The Hall–Kier alpha value is -3.62. The lowest BCUT2D eigenvalue weighted by atomic mass is 10.2. The van der Waals surface area contributed by atoms with Crippen LogP contribution in [0, 0.1) is 10.1 Å². The average Bonchev–Trinajstić information content (AvgIpc) is 3.15. The summed E-state index contributed by atoms with van der Waals surface area (Å²) < 4.78 is 21.2. The molecule has 3 rings (SSSR count). The highest BCUT2D eigenvalue weighted by Crippen LogP contribution is 2.29. The summed E-state index contributed by atoms with van der Waals surface area (Å²) >= 11 is 0. The second kappa shape index (κ2) is 7.51. The third-order valence-corrected chi connectivity index (χ3v) is 3.48. The van der Waals surface area contributed by atoms with E-state index in [1.165, 1.54) is 24.3 Å². The molecule has 0 atom stereocenters. The number of non-ortho nitro benzene ring substituents is 1. The number of rotatable bonds is 7. The van der Waals surface area contributed by atoms with Crippen molar-refractivity contribution in [3.63, 3.8) is 0 Å². The number of nitrogens with zero attached hydrogens (tertiary/aromatic N) is 3. The molecule has 9 heteroatoms. The maximum absolute atomic E-state index is 10.6. The Morgan fingerprint density at radius 3 is 2.27 bits per heavy atom. The molecule has 0 N–H and O–H groups in total. The van der Waals surface area contributed by atoms with Crippen LogP contribution in [0.25, 0.3) is 11.5 Å². The van der Waals surface area contributed by atoms with Gasteiger partial charge in [-0.05, 0) is 24.3 Å². The minimum Gasteiger partial charge on any atom is -0.497 e. The summed E-state index contributed by atoms with van der Waals surface area (Å²) in [7, 11) is 3.10. The molecule has 0 saturated carbocycles. The summed E-state index contributed by atoms with van der Waals surface area (Å²) in [5, 5.41) is 14.5. The molecule has 3 aromatic rings. The third-order valence-electron chi connectivity index (χ3n) is 3.48. The molecule has 0 aliphatic rings. The van der Waals surface area contributed by atoms with Crippen LogP contribution in [0.2, 0.25) is 0 Å². The number of ether oxygens (including phenoxy) is 3. The number of nitro groups is 1. The highest BCUT2D eigenvalue weighted by Gasteiger charge is 2.13. The van der Waals surface area contributed by atoms with Crippen LogP contribution < -0.4 is 14.2 Å². The van der Waals surface area contributed by atoms with Crippen LogP contribution in [0.4, 0.5) is 5.69 Å². The first-order valence-electron chi connectivity index (χ1n) is 7.52. The smallest absolute Gasteiger partial charge is 0.269 e. The summed E-state index contributed by atoms with van der Waals surface area (Å²) in [5.74, 6) is 2.29. The lowest BCUT2D eigenvalue weighted by Crippen LogP contribution is -1.98. The van der Waals surface area contributed by atoms with Crippen LogP contribution in [0.1, 0.15) is 5.82 Å². The Morgan fingerprint density at radius 1 is 1.04 bits per heavy atom. The third kappa shape index (κ3) is 3.89. The van der Waals surface area contributed by atoms with E-state index >= 15 is 0 Å². The van der Waals surface area contributed by atoms with Gasteiger partial charge in [0.15, 0.2) is 6.61 Å². The zero-order valence-corrected chi connectivity index (χ0v) is 14.0. The van der Waals surface area contributed by atoms with Crippen molar-refractivity contribution in [2.24, 2.45) is 0 Å². The van der Waals surface area contributed by atoms with Gasteiger partial charge in [-0.3, -0.25) is 10.1 Å².